The smallest absolute Gasteiger partial charge is 0.0431 e. The van der Waals surface area contributed by atoms with Crippen molar-refractivity contribution in [3.8, 4) is 0 Å². The van der Waals surface area contributed by atoms with E-state index >= 15 is 0 Å². The molecule has 0 bridgehead atoms. The molecule has 82 valence electrons. The maximum atomic E-state index is 8.81. The third kappa shape index (κ3) is 2.69. The molecule has 2 atom stereocenters. The Morgan fingerprint density at radius 2 is 2.07 bits per heavy atom. The second-order valence-corrected chi connectivity index (χ2v) is 4.91. The zero-order chi connectivity index (χ0) is 9.97. The predicted molar refractivity (Wildman–Crippen MR) is 57.0 cm³/mol. The average Bonchev–Trinajstić information content (AvgIpc) is 2.97. The van der Waals surface area contributed by atoms with Gasteiger partial charge in [0.15, 0.2) is 0 Å². The standard InChI is InChI=1S/C11H22N2O/c12-10-6-9(2-1-5-14)7-13(8-10)11-3-4-11/h9-11,14H,1-8,12H2. The molecule has 3 nitrogen and oxygen atoms in total. The van der Waals surface area contributed by atoms with Gasteiger partial charge in [0, 0.05) is 31.8 Å². The van der Waals surface area contributed by atoms with Gasteiger partial charge in [0.1, 0.15) is 0 Å². The molecular formula is C11H22N2O. The summed E-state index contributed by atoms with van der Waals surface area (Å²) < 4.78 is 0. The van der Waals surface area contributed by atoms with Crippen LogP contribution in [0.4, 0.5) is 0 Å². The van der Waals surface area contributed by atoms with E-state index in [4.69, 9.17) is 10.8 Å². The maximum Gasteiger partial charge on any atom is 0.0431 e. The van der Waals surface area contributed by atoms with E-state index in [0.29, 0.717) is 12.6 Å². The summed E-state index contributed by atoms with van der Waals surface area (Å²) >= 11 is 0. The number of likely N-dealkylation sites (tertiary alicyclic amines) is 1. The van der Waals surface area contributed by atoms with Gasteiger partial charge in [-0.15, -0.1) is 0 Å². The summed E-state index contributed by atoms with van der Waals surface area (Å²) in [6.07, 6.45) is 5.99. The number of piperidine rings is 1. The lowest BCUT2D eigenvalue weighted by atomic mass is 9.91. The van der Waals surface area contributed by atoms with E-state index in [-0.39, 0.29) is 0 Å². The monoisotopic (exact) mass is 198 g/mol. The average molecular weight is 198 g/mol. The maximum absolute atomic E-state index is 8.81. The van der Waals surface area contributed by atoms with Gasteiger partial charge in [0.25, 0.3) is 0 Å². The zero-order valence-electron chi connectivity index (χ0n) is 8.86. The number of hydrogen-bond donors (Lipinski definition) is 2. The molecule has 0 spiro atoms. The number of nitrogens with zero attached hydrogens (tertiary/aromatic N) is 1. The van der Waals surface area contributed by atoms with Crippen molar-refractivity contribution in [1.29, 1.82) is 0 Å². The van der Waals surface area contributed by atoms with Crippen molar-refractivity contribution in [2.75, 3.05) is 19.7 Å². The van der Waals surface area contributed by atoms with Crippen LogP contribution in [-0.4, -0.2) is 41.8 Å². The number of aliphatic hydroxyl groups is 1. The Kier molecular flexibility index (Phi) is 3.42. The topological polar surface area (TPSA) is 49.5 Å². The highest BCUT2D eigenvalue weighted by Gasteiger charge is 2.34. The minimum Gasteiger partial charge on any atom is -0.396 e. The van der Waals surface area contributed by atoms with Gasteiger partial charge in [-0.1, -0.05) is 0 Å². The molecule has 2 rings (SSSR count). The van der Waals surface area contributed by atoms with Crippen LogP contribution in [0.25, 0.3) is 0 Å². The first-order valence-corrected chi connectivity index (χ1v) is 5.90. The van der Waals surface area contributed by atoms with Gasteiger partial charge >= 0.3 is 0 Å². The highest BCUT2D eigenvalue weighted by molar-refractivity contribution is 4.91. The van der Waals surface area contributed by atoms with Crippen molar-refractivity contribution in [3.63, 3.8) is 0 Å². The van der Waals surface area contributed by atoms with Crippen LogP contribution < -0.4 is 5.73 Å². The highest BCUT2D eigenvalue weighted by atomic mass is 16.2. The van der Waals surface area contributed by atoms with E-state index in [0.717, 1.165) is 37.8 Å². The van der Waals surface area contributed by atoms with Crippen LogP contribution >= 0.6 is 0 Å². The fourth-order valence-corrected chi connectivity index (χ4v) is 2.61. The molecule has 14 heavy (non-hydrogen) atoms. The van der Waals surface area contributed by atoms with Gasteiger partial charge in [0.2, 0.25) is 0 Å². The Labute approximate surface area is 86.3 Å². The van der Waals surface area contributed by atoms with E-state index in [9.17, 15) is 0 Å². The first-order valence-electron chi connectivity index (χ1n) is 5.90. The largest absolute Gasteiger partial charge is 0.396 e. The van der Waals surface area contributed by atoms with Crippen molar-refractivity contribution in [2.24, 2.45) is 11.7 Å². The summed E-state index contributed by atoms with van der Waals surface area (Å²) in [7, 11) is 0. The number of hydrogen-bond acceptors (Lipinski definition) is 3. The van der Waals surface area contributed by atoms with Crippen molar-refractivity contribution >= 4 is 0 Å². The molecule has 1 heterocycles. The van der Waals surface area contributed by atoms with Gasteiger partial charge in [-0.05, 0) is 38.0 Å². The number of rotatable bonds is 4. The summed E-state index contributed by atoms with van der Waals surface area (Å²) in [6.45, 7) is 2.65. The molecule has 0 aromatic rings. The second kappa shape index (κ2) is 4.60. The Bertz CT molecular complexity index is 182. The summed E-state index contributed by atoms with van der Waals surface area (Å²) in [5, 5.41) is 8.81. The van der Waals surface area contributed by atoms with Crippen LogP contribution in [0, 0.1) is 5.92 Å². The molecule has 0 aromatic heterocycles. The van der Waals surface area contributed by atoms with Crippen LogP contribution in [0.15, 0.2) is 0 Å². The van der Waals surface area contributed by atoms with Crippen LogP contribution in [0.1, 0.15) is 32.1 Å². The van der Waals surface area contributed by atoms with Gasteiger partial charge in [-0.2, -0.15) is 0 Å². The van der Waals surface area contributed by atoms with E-state index in [1.165, 1.54) is 19.4 Å². The molecule has 2 aliphatic rings. The third-order valence-corrected chi connectivity index (χ3v) is 3.43. The lowest BCUT2D eigenvalue weighted by Gasteiger charge is -2.36. The lowest BCUT2D eigenvalue weighted by Crippen LogP contribution is -2.47. The molecule has 2 unspecified atom stereocenters. The lowest BCUT2D eigenvalue weighted by molar-refractivity contribution is 0.137. The van der Waals surface area contributed by atoms with Gasteiger partial charge in [-0.25, -0.2) is 0 Å². The number of aliphatic hydroxyl groups excluding tert-OH is 1. The Morgan fingerprint density at radius 3 is 2.71 bits per heavy atom. The van der Waals surface area contributed by atoms with Gasteiger partial charge < -0.3 is 10.8 Å². The van der Waals surface area contributed by atoms with E-state index in [1.807, 2.05) is 0 Å². The Balaban J connectivity index is 1.79. The SMILES string of the molecule is NC1CC(CCCO)CN(C2CC2)C1. The Hall–Kier alpha value is -0.120. The zero-order valence-corrected chi connectivity index (χ0v) is 8.86. The molecule has 1 aliphatic carbocycles. The number of nitrogens with two attached hydrogens (primary N) is 1. The minimum absolute atomic E-state index is 0.329. The first kappa shape index (κ1) is 10.4. The molecule has 1 saturated heterocycles. The molecule has 0 aromatic carbocycles. The van der Waals surface area contributed by atoms with E-state index in [2.05, 4.69) is 4.90 Å². The summed E-state index contributed by atoms with van der Waals surface area (Å²) in [5.74, 6) is 0.728. The fourth-order valence-electron chi connectivity index (χ4n) is 2.61. The molecule has 0 amide bonds. The predicted octanol–water partition coefficient (Wildman–Crippen LogP) is 0.570. The fraction of sp³-hybridized carbons (Fsp3) is 1.00. The quantitative estimate of drug-likeness (QED) is 0.694. The summed E-state index contributed by atoms with van der Waals surface area (Å²) in [6, 6.07) is 1.21. The Morgan fingerprint density at radius 1 is 1.29 bits per heavy atom. The van der Waals surface area contributed by atoms with E-state index in [1.54, 1.807) is 0 Å². The molecule has 3 heteroatoms. The second-order valence-electron chi connectivity index (χ2n) is 4.91. The van der Waals surface area contributed by atoms with Crippen LogP contribution in [0.2, 0.25) is 0 Å². The molecular weight excluding hydrogens is 176 g/mol. The highest BCUT2D eigenvalue weighted by Crippen LogP contribution is 2.31. The van der Waals surface area contributed by atoms with Crippen molar-refractivity contribution < 1.29 is 5.11 Å². The summed E-state index contributed by atoms with van der Waals surface area (Å²) in [4.78, 5) is 2.57. The van der Waals surface area contributed by atoms with Crippen LogP contribution in [-0.2, 0) is 0 Å². The molecule has 0 radical (unpaired) electrons. The van der Waals surface area contributed by atoms with Crippen LogP contribution in [0.3, 0.4) is 0 Å². The molecule has 1 aliphatic heterocycles. The summed E-state index contributed by atoms with van der Waals surface area (Å²) in [5.41, 5.74) is 6.05. The van der Waals surface area contributed by atoms with E-state index < -0.39 is 0 Å². The molecule has 1 saturated carbocycles. The van der Waals surface area contributed by atoms with Crippen molar-refractivity contribution in [2.45, 2.75) is 44.2 Å². The van der Waals surface area contributed by atoms with Gasteiger partial charge in [-0.3, -0.25) is 4.90 Å². The van der Waals surface area contributed by atoms with Gasteiger partial charge in [0.05, 0.1) is 0 Å². The van der Waals surface area contributed by atoms with Crippen LogP contribution in [0.5, 0.6) is 0 Å². The molecule has 2 fully saturated rings. The molecule has 3 N–H and O–H groups in total. The third-order valence-electron chi connectivity index (χ3n) is 3.43. The minimum atomic E-state index is 0.329. The first-order chi connectivity index (χ1) is 6.79. The van der Waals surface area contributed by atoms with Crippen molar-refractivity contribution in [1.82, 2.24) is 4.90 Å². The van der Waals surface area contributed by atoms with Crippen molar-refractivity contribution in [3.05, 3.63) is 0 Å². The normalized spacial score (nSPS) is 34.7.